The summed E-state index contributed by atoms with van der Waals surface area (Å²) in [7, 11) is 0. The van der Waals surface area contributed by atoms with E-state index in [9.17, 15) is 4.39 Å². The summed E-state index contributed by atoms with van der Waals surface area (Å²) in [6, 6.07) is 0. The predicted molar refractivity (Wildman–Crippen MR) is 52.6 cm³/mol. The molecular formula is C11H17F. The first-order valence-corrected chi connectivity index (χ1v) is 4.24. The van der Waals surface area contributed by atoms with Gasteiger partial charge in [0.1, 0.15) is 5.83 Å². The average molecular weight is 168 g/mol. The van der Waals surface area contributed by atoms with Gasteiger partial charge in [-0.15, -0.1) is 0 Å². The van der Waals surface area contributed by atoms with E-state index >= 15 is 0 Å². The number of halogens is 1. The second kappa shape index (κ2) is 5.76. The zero-order chi connectivity index (χ0) is 9.56. The van der Waals surface area contributed by atoms with Gasteiger partial charge in [0.25, 0.3) is 0 Å². The van der Waals surface area contributed by atoms with Crippen LogP contribution in [0, 0.1) is 5.92 Å². The Morgan fingerprint density at radius 3 is 2.42 bits per heavy atom. The van der Waals surface area contributed by atoms with E-state index in [1.54, 1.807) is 13.0 Å². The molecule has 0 nitrogen and oxygen atoms in total. The van der Waals surface area contributed by atoms with Gasteiger partial charge in [-0.25, -0.2) is 4.39 Å². The molecule has 12 heavy (non-hydrogen) atoms. The Labute approximate surface area is 74.5 Å². The Morgan fingerprint density at radius 2 is 2.00 bits per heavy atom. The van der Waals surface area contributed by atoms with Crippen molar-refractivity contribution in [2.45, 2.75) is 27.2 Å². The molecule has 0 rings (SSSR count). The van der Waals surface area contributed by atoms with Crippen molar-refractivity contribution in [1.29, 1.82) is 0 Å². The van der Waals surface area contributed by atoms with Crippen LogP contribution in [-0.4, -0.2) is 0 Å². The normalized spacial score (nSPS) is 12.9. The minimum Gasteiger partial charge on any atom is -0.207 e. The molecule has 0 radical (unpaired) electrons. The van der Waals surface area contributed by atoms with Crippen LogP contribution in [0.1, 0.15) is 27.2 Å². The van der Waals surface area contributed by atoms with E-state index in [1.807, 2.05) is 0 Å². The highest BCUT2D eigenvalue weighted by molar-refractivity contribution is 5.22. The van der Waals surface area contributed by atoms with Crippen molar-refractivity contribution in [3.63, 3.8) is 0 Å². The van der Waals surface area contributed by atoms with Crippen LogP contribution in [0.5, 0.6) is 0 Å². The van der Waals surface area contributed by atoms with Crippen molar-refractivity contribution in [2.24, 2.45) is 5.92 Å². The molecule has 0 heterocycles. The number of hydrogen-bond acceptors (Lipinski definition) is 0. The lowest BCUT2D eigenvalue weighted by atomic mass is 10.0. The minimum absolute atomic E-state index is 0.208. The number of rotatable bonds is 4. The topological polar surface area (TPSA) is 0 Å². The summed E-state index contributed by atoms with van der Waals surface area (Å²) in [5.74, 6) is 0.371. The maximum atomic E-state index is 12.6. The molecule has 0 aromatic carbocycles. The summed E-state index contributed by atoms with van der Waals surface area (Å²) >= 11 is 0. The molecule has 0 saturated heterocycles. The Balaban J connectivity index is 3.92. The standard InChI is InChI=1S/C11H17F/c1-5-11(12)7-6-10(4)8-9(2)3/h5-7,9H,4,8H2,1-3H3/b7-6-,11-5-. The first-order chi connectivity index (χ1) is 5.56. The SMILES string of the molecule is C=C(/C=C\C(F)=C\C)CC(C)C. The van der Waals surface area contributed by atoms with Gasteiger partial charge < -0.3 is 0 Å². The van der Waals surface area contributed by atoms with Gasteiger partial charge in [-0.3, -0.25) is 0 Å². The minimum atomic E-state index is -0.208. The Bertz CT molecular complexity index is 197. The maximum absolute atomic E-state index is 12.6. The van der Waals surface area contributed by atoms with E-state index in [2.05, 4.69) is 20.4 Å². The second-order valence-corrected chi connectivity index (χ2v) is 3.26. The highest BCUT2D eigenvalue weighted by Gasteiger charge is 1.94. The van der Waals surface area contributed by atoms with Gasteiger partial charge >= 0.3 is 0 Å². The molecule has 0 atom stereocenters. The molecule has 0 saturated carbocycles. The predicted octanol–water partition coefficient (Wildman–Crippen LogP) is 4.02. The molecular weight excluding hydrogens is 151 g/mol. The lowest BCUT2D eigenvalue weighted by molar-refractivity contribution is 0.648. The molecule has 0 aromatic rings. The third-order valence-corrected chi connectivity index (χ3v) is 1.42. The summed E-state index contributed by atoms with van der Waals surface area (Å²) in [6.45, 7) is 9.72. The first kappa shape index (κ1) is 11.2. The van der Waals surface area contributed by atoms with E-state index in [-0.39, 0.29) is 5.83 Å². The third-order valence-electron chi connectivity index (χ3n) is 1.42. The van der Waals surface area contributed by atoms with Gasteiger partial charge in [-0.2, -0.15) is 0 Å². The highest BCUT2D eigenvalue weighted by Crippen LogP contribution is 2.10. The molecule has 0 amide bonds. The van der Waals surface area contributed by atoms with Crippen molar-refractivity contribution in [3.05, 3.63) is 36.2 Å². The van der Waals surface area contributed by atoms with Gasteiger partial charge in [0, 0.05) is 0 Å². The van der Waals surface area contributed by atoms with E-state index in [1.165, 1.54) is 12.2 Å². The summed E-state index contributed by atoms with van der Waals surface area (Å²) in [5.41, 5.74) is 0.974. The van der Waals surface area contributed by atoms with Crippen LogP contribution < -0.4 is 0 Å². The summed E-state index contributed by atoms with van der Waals surface area (Å²) in [5, 5.41) is 0. The van der Waals surface area contributed by atoms with Crippen LogP contribution in [0.25, 0.3) is 0 Å². The summed E-state index contributed by atoms with van der Waals surface area (Å²) in [4.78, 5) is 0. The molecule has 0 aliphatic rings. The van der Waals surface area contributed by atoms with E-state index in [4.69, 9.17) is 0 Å². The third kappa shape index (κ3) is 5.90. The van der Waals surface area contributed by atoms with Crippen molar-refractivity contribution in [1.82, 2.24) is 0 Å². The zero-order valence-electron chi connectivity index (χ0n) is 8.10. The van der Waals surface area contributed by atoms with Crippen LogP contribution in [0.3, 0.4) is 0 Å². The molecule has 0 aliphatic carbocycles. The van der Waals surface area contributed by atoms with E-state index < -0.39 is 0 Å². The molecule has 1 heteroatoms. The first-order valence-electron chi connectivity index (χ1n) is 4.24. The quantitative estimate of drug-likeness (QED) is 0.556. The van der Waals surface area contributed by atoms with Crippen molar-refractivity contribution < 1.29 is 4.39 Å². The smallest absolute Gasteiger partial charge is 0.118 e. The van der Waals surface area contributed by atoms with Crippen molar-refractivity contribution in [3.8, 4) is 0 Å². The monoisotopic (exact) mass is 168 g/mol. The fraction of sp³-hybridized carbons (Fsp3) is 0.455. The number of hydrogen-bond donors (Lipinski definition) is 0. The summed E-state index contributed by atoms with van der Waals surface area (Å²) < 4.78 is 12.6. The van der Waals surface area contributed by atoms with Crippen LogP contribution in [0.15, 0.2) is 36.2 Å². The lowest BCUT2D eigenvalue weighted by Gasteiger charge is -2.02. The fourth-order valence-electron chi connectivity index (χ4n) is 0.886. The van der Waals surface area contributed by atoms with E-state index in [0.717, 1.165) is 12.0 Å². The lowest BCUT2D eigenvalue weighted by Crippen LogP contribution is -1.87. The molecule has 0 fully saturated rings. The second-order valence-electron chi connectivity index (χ2n) is 3.26. The zero-order valence-corrected chi connectivity index (χ0v) is 8.10. The molecule has 0 N–H and O–H groups in total. The molecule has 68 valence electrons. The van der Waals surface area contributed by atoms with E-state index in [0.29, 0.717) is 5.92 Å². The maximum Gasteiger partial charge on any atom is 0.118 e. The van der Waals surface area contributed by atoms with Crippen molar-refractivity contribution in [2.75, 3.05) is 0 Å². The number of allylic oxidation sites excluding steroid dienone is 5. The van der Waals surface area contributed by atoms with Gasteiger partial charge in [0.05, 0.1) is 0 Å². The van der Waals surface area contributed by atoms with Crippen LogP contribution >= 0.6 is 0 Å². The van der Waals surface area contributed by atoms with Gasteiger partial charge in [-0.05, 0) is 25.3 Å². The van der Waals surface area contributed by atoms with Crippen LogP contribution in [-0.2, 0) is 0 Å². The molecule has 0 spiro atoms. The van der Waals surface area contributed by atoms with Gasteiger partial charge in [-0.1, -0.05) is 38.2 Å². The Hall–Kier alpha value is -0.850. The molecule has 0 aliphatic heterocycles. The van der Waals surface area contributed by atoms with Crippen molar-refractivity contribution >= 4 is 0 Å². The Kier molecular flexibility index (Phi) is 5.35. The largest absolute Gasteiger partial charge is 0.207 e. The molecule has 0 unspecified atom stereocenters. The summed E-state index contributed by atoms with van der Waals surface area (Å²) in [6.07, 6.45) is 5.53. The molecule has 0 aromatic heterocycles. The van der Waals surface area contributed by atoms with Crippen LogP contribution in [0.2, 0.25) is 0 Å². The molecule has 0 bridgehead atoms. The fourth-order valence-corrected chi connectivity index (χ4v) is 0.886. The van der Waals surface area contributed by atoms with Gasteiger partial charge in [0.15, 0.2) is 0 Å². The van der Waals surface area contributed by atoms with Gasteiger partial charge in [0.2, 0.25) is 0 Å². The Morgan fingerprint density at radius 1 is 1.42 bits per heavy atom. The van der Waals surface area contributed by atoms with Crippen LogP contribution in [0.4, 0.5) is 4.39 Å². The average Bonchev–Trinajstić information content (AvgIpc) is 1.99. The highest BCUT2D eigenvalue weighted by atomic mass is 19.1.